The highest BCUT2D eigenvalue weighted by Crippen LogP contribution is 2.26. The third-order valence-corrected chi connectivity index (χ3v) is 7.29. The van der Waals surface area contributed by atoms with Crippen LogP contribution in [0.25, 0.3) is 0 Å². The van der Waals surface area contributed by atoms with Crippen molar-refractivity contribution in [1.29, 1.82) is 0 Å². The van der Waals surface area contributed by atoms with Gasteiger partial charge in [-0.05, 0) is 56.8 Å². The summed E-state index contributed by atoms with van der Waals surface area (Å²) in [6.45, 7) is 3.91. The minimum Gasteiger partial charge on any atom is -0.326 e. The van der Waals surface area contributed by atoms with Crippen molar-refractivity contribution >= 4 is 21.6 Å². The highest BCUT2D eigenvalue weighted by atomic mass is 32.2. The second kappa shape index (κ2) is 8.50. The summed E-state index contributed by atoms with van der Waals surface area (Å²) in [5, 5.41) is 6.17. The Balaban J connectivity index is 1.75. The fraction of sp³-hybridized carbons (Fsp3) is 0.632. The van der Waals surface area contributed by atoms with Crippen LogP contribution in [0.2, 0.25) is 0 Å². The molecule has 2 aliphatic heterocycles. The van der Waals surface area contributed by atoms with Crippen LogP contribution in [0.15, 0.2) is 23.1 Å². The first-order chi connectivity index (χ1) is 12.5. The monoisotopic (exact) mass is 379 g/mol. The molecule has 1 aromatic rings. The molecule has 2 aliphatic rings. The van der Waals surface area contributed by atoms with Crippen LogP contribution in [0, 0.1) is 6.92 Å². The SMILES string of the molecule is Cc1ccc(NC(=O)CC2CCCN2)cc1S(=O)(=O)N1CCCCCC1. The molecule has 2 N–H and O–H groups in total. The van der Waals surface area contributed by atoms with Crippen LogP contribution in [0.5, 0.6) is 0 Å². The Morgan fingerprint density at radius 2 is 1.92 bits per heavy atom. The van der Waals surface area contributed by atoms with Gasteiger partial charge in [0.25, 0.3) is 0 Å². The molecule has 1 unspecified atom stereocenters. The Labute approximate surface area is 156 Å². The fourth-order valence-electron chi connectivity index (χ4n) is 3.74. The Morgan fingerprint density at radius 1 is 1.19 bits per heavy atom. The lowest BCUT2D eigenvalue weighted by Gasteiger charge is -2.21. The summed E-state index contributed by atoms with van der Waals surface area (Å²) < 4.78 is 27.8. The van der Waals surface area contributed by atoms with Crippen molar-refractivity contribution in [2.75, 3.05) is 25.0 Å². The zero-order valence-electron chi connectivity index (χ0n) is 15.5. The predicted octanol–water partition coefficient (Wildman–Crippen LogP) is 2.64. The Kier molecular flexibility index (Phi) is 6.32. The molecule has 1 atom stereocenters. The maximum Gasteiger partial charge on any atom is 0.243 e. The van der Waals surface area contributed by atoms with Gasteiger partial charge in [0, 0.05) is 31.2 Å². The van der Waals surface area contributed by atoms with E-state index in [1.807, 2.05) is 0 Å². The molecule has 1 amide bonds. The molecule has 0 aromatic heterocycles. The van der Waals surface area contributed by atoms with Crippen LogP contribution in [0.4, 0.5) is 5.69 Å². The van der Waals surface area contributed by atoms with Crippen molar-refractivity contribution in [3.63, 3.8) is 0 Å². The lowest BCUT2D eigenvalue weighted by atomic mass is 10.1. The van der Waals surface area contributed by atoms with E-state index in [9.17, 15) is 13.2 Å². The van der Waals surface area contributed by atoms with Crippen molar-refractivity contribution in [3.05, 3.63) is 23.8 Å². The van der Waals surface area contributed by atoms with E-state index in [1.165, 1.54) is 0 Å². The van der Waals surface area contributed by atoms with Crippen molar-refractivity contribution in [3.8, 4) is 0 Å². The van der Waals surface area contributed by atoms with E-state index >= 15 is 0 Å². The molecular formula is C19H29N3O3S. The standard InChI is InChI=1S/C19H29N3O3S/c1-15-8-9-17(21-19(23)14-16-7-6-10-20-16)13-18(15)26(24,25)22-11-4-2-3-5-12-22/h8-9,13,16,20H,2-7,10-12,14H2,1H3,(H,21,23). The largest absolute Gasteiger partial charge is 0.326 e. The molecule has 2 heterocycles. The normalized spacial score (nSPS) is 22.1. The number of amides is 1. The molecule has 0 radical (unpaired) electrons. The van der Waals surface area contributed by atoms with E-state index in [2.05, 4.69) is 10.6 Å². The number of hydrogen-bond donors (Lipinski definition) is 2. The van der Waals surface area contributed by atoms with E-state index in [-0.39, 0.29) is 11.9 Å². The zero-order chi connectivity index (χ0) is 18.6. The first-order valence-electron chi connectivity index (χ1n) is 9.61. The van der Waals surface area contributed by atoms with Gasteiger partial charge < -0.3 is 10.6 Å². The van der Waals surface area contributed by atoms with E-state index in [4.69, 9.17) is 0 Å². The van der Waals surface area contributed by atoms with E-state index in [0.717, 1.165) is 45.1 Å². The number of carbonyl (C=O) groups excluding carboxylic acids is 1. The van der Waals surface area contributed by atoms with Gasteiger partial charge in [0.2, 0.25) is 15.9 Å². The number of nitrogens with one attached hydrogen (secondary N) is 2. The van der Waals surface area contributed by atoms with Gasteiger partial charge in [0.1, 0.15) is 0 Å². The molecule has 26 heavy (non-hydrogen) atoms. The summed E-state index contributed by atoms with van der Waals surface area (Å²) in [6, 6.07) is 5.38. The number of nitrogens with zero attached hydrogens (tertiary/aromatic N) is 1. The molecule has 1 aromatic carbocycles. The summed E-state index contributed by atoms with van der Waals surface area (Å²) >= 11 is 0. The number of sulfonamides is 1. The molecule has 0 bridgehead atoms. The molecule has 0 saturated carbocycles. The molecule has 144 valence electrons. The van der Waals surface area contributed by atoms with E-state index in [1.54, 1.807) is 29.4 Å². The molecule has 7 heteroatoms. The summed E-state index contributed by atoms with van der Waals surface area (Å²) in [7, 11) is -3.53. The van der Waals surface area contributed by atoms with Gasteiger partial charge in [0.05, 0.1) is 4.90 Å². The summed E-state index contributed by atoms with van der Waals surface area (Å²) in [5.41, 5.74) is 1.26. The van der Waals surface area contributed by atoms with Crippen LogP contribution in [-0.4, -0.2) is 44.3 Å². The van der Waals surface area contributed by atoms with Crippen molar-refractivity contribution < 1.29 is 13.2 Å². The third kappa shape index (κ3) is 4.64. The lowest BCUT2D eigenvalue weighted by Crippen LogP contribution is -2.32. The van der Waals surface area contributed by atoms with Crippen LogP contribution in [-0.2, 0) is 14.8 Å². The Bertz CT molecular complexity index is 734. The molecule has 2 saturated heterocycles. The topological polar surface area (TPSA) is 78.5 Å². The van der Waals surface area contributed by atoms with E-state index < -0.39 is 10.0 Å². The summed E-state index contributed by atoms with van der Waals surface area (Å²) in [4.78, 5) is 12.6. The number of hydrogen-bond acceptors (Lipinski definition) is 4. The summed E-state index contributed by atoms with van der Waals surface area (Å²) in [6.07, 6.45) is 6.50. The second-order valence-electron chi connectivity index (χ2n) is 7.34. The number of aryl methyl sites for hydroxylation is 1. The number of rotatable bonds is 5. The molecular weight excluding hydrogens is 350 g/mol. The second-order valence-corrected chi connectivity index (χ2v) is 9.25. The number of benzene rings is 1. The number of carbonyl (C=O) groups is 1. The Hall–Kier alpha value is -1.44. The summed E-state index contributed by atoms with van der Waals surface area (Å²) in [5.74, 6) is -0.0774. The van der Waals surface area contributed by atoms with Gasteiger partial charge in [-0.15, -0.1) is 0 Å². The molecule has 2 fully saturated rings. The van der Waals surface area contributed by atoms with Gasteiger partial charge in [0.15, 0.2) is 0 Å². The molecule has 3 rings (SSSR count). The van der Waals surface area contributed by atoms with Gasteiger partial charge in [-0.2, -0.15) is 4.31 Å². The average molecular weight is 380 g/mol. The van der Waals surface area contributed by atoms with Gasteiger partial charge in [-0.1, -0.05) is 18.9 Å². The Morgan fingerprint density at radius 3 is 2.58 bits per heavy atom. The third-order valence-electron chi connectivity index (χ3n) is 5.25. The first kappa shape index (κ1) is 19.3. The van der Waals surface area contributed by atoms with Crippen LogP contribution < -0.4 is 10.6 Å². The van der Waals surface area contributed by atoms with Crippen LogP contribution >= 0.6 is 0 Å². The fourth-order valence-corrected chi connectivity index (χ4v) is 5.51. The minimum absolute atomic E-state index is 0.0774. The molecule has 6 nitrogen and oxygen atoms in total. The minimum atomic E-state index is -3.53. The van der Waals surface area contributed by atoms with Crippen molar-refractivity contribution in [2.24, 2.45) is 0 Å². The lowest BCUT2D eigenvalue weighted by molar-refractivity contribution is -0.116. The average Bonchev–Trinajstić information content (AvgIpc) is 2.94. The van der Waals surface area contributed by atoms with E-state index in [0.29, 0.717) is 35.7 Å². The van der Waals surface area contributed by atoms with Crippen molar-refractivity contribution in [2.45, 2.75) is 62.8 Å². The van der Waals surface area contributed by atoms with Crippen LogP contribution in [0.1, 0.15) is 50.5 Å². The zero-order valence-corrected chi connectivity index (χ0v) is 16.3. The smallest absolute Gasteiger partial charge is 0.243 e. The maximum absolute atomic E-state index is 13.1. The predicted molar refractivity (Wildman–Crippen MR) is 103 cm³/mol. The highest BCUT2D eigenvalue weighted by Gasteiger charge is 2.27. The van der Waals surface area contributed by atoms with Gasteiger partial charge in [-0.3, -0.25) is 4.79 Å². The first-order valence-corrected chi connectivity index (χ1v) is 11.0. The highest BCUT2D eigenvalue weighted by molar-refractivity contribution is 7.89. The maximum atomic E-state index is 13.1. The van der Waals surface area contributed by atoms with Gasteiger partial charge in [-0.25, -0.2) is 8.42 Å². The molecule has 0 aliphatic carbocycles. The van der Waals surface area contributed by atoms with Gasteiger partial charge >= 0.3 is 0 Å². The van der Waals surface area contributed by atoms with Crippen LogP contribution in [0.3, 0.4) is 0 Å². The number of anilines is 1. The van der Waals surface area contributed by atoms with Crippen molar-refractivity contribution in [1.82, 2.24) is 9.62 Å². The molecule has 0 spiro atoms. The quantitative estimate of drug-likeness (QED) is 0.824.